The highest BCUT2D eigenvalue weighted by Gasteiger charge is 2.16. The van der Waals surface area contributed by atoms with Gasteiger partial charge in [-0.15, -0.1) is 0 Å². The van der Waals surface area contributed by atoms with Crippen molar-refractivity contribution < 1.29 is 0 Å². The number of unbranched alkanes of at least 4 members (excludes halogenated alkanes) is 1. The molecule has 0 fully saturated rings. The molecular weight excluding hydrogens is 348 g/mol. The van der Waals surface area contributed by atoms with E-state index in [1.165, 1.54) is 35.1 Å². The van der Waals surface area contributed by atoms with Gasteiger partial charge >= 0.3 is 0 Å². The molecule has 0 bridgehead atoms. The molecule has 1 rings (SSSR count). The van der Waals surface area contributed by atoms with E-state index in [0.29, 0.717) is 5.92 Å². The van der Waals surface area contributed by atoms with Crippen molar-refractivity contribution in [1.82, 2.24) is 0 Å². The summed E-state index contributed by atoms with van der Waals surface area (Å²) in [5.74, 6) is 0.571. The molecular formula is C29H50. The van der Waals surface area contributed by atoms with E-state index in [4.69, 9.17) is 0 Å². The van der Waals surface area contributed by atoms with Crippen molar-refractivity contribution in [1.29, 1.82) is 0 Å². The van der Waals surface area contributed by atoms with Crippen molar-refractivity contribution >= 4 is 0 Å². The lowest BCUT2D eigenvalue weighted by atomic mass is 9.83. The largest absolute Gasteiger partial charge is 0.0999 e. The second-order valence-corrected chi connectivity index (χ2v) is 8.69. The lowest BCUT2D eigenvalue weighted by molar-refractivity contribution is 0.587. The lowest BCUT2D eigenvalue weighted by Crippen LogP contribution is -2.12. The van der Waals surface area contributed by atoms with E-state index < -0.39 is 0 Å². The summed E-state index contributed by atoms with van der Waals surface area (Å²) < 4.78 is 0. The third-order valence-corrected chi connectivity index (χ3v) is 4.88. The molecule has 0 aliphatic heterocycles. The molecule has 0 amide bonds. The van der Waals surface area contributed by atoms with Gasteiger partial charge in [-0.25, -0.2) is 0 Å². The Labute approximate surface area is 184 Å². The van der Waals surface area contributed by atoms with E-state index in [-0.39, 0.29) is 5.41 Å². The second-order valence-electron chi connectivity index (χ2n) is 8.69. The van der Waals surface area contributed by atoms with Crippen LogP contribution in [-0.4, -0.2) is 0 Å². The highest BCUT2D eigenvalue weighted by Crippen LogP contribution is 2.28. The van der Waals surface area contributed by atoms with Crippen molar-refractivity contribution in [3.8, 4) is 0 Å². The van der Waals surface area contributed by atoms with Gasteiger partial charge in [-0.2, -0.15) is 0 Å². The van der Waals surface area contributed by atoms with Gasteiger partial charge in [0.05, 0.1) is 0 Å². The highest BCUT2D eigenvalue weighted by molar-refractivity contribution is 5.36. The topological polar surface area (TPSA) is 0 Å². The number of hydrogen-bond donors (Lipinski definition) is 0. The molecule has 0 saturated carbocycles. The minimum atomic E-state index is 0.199. The Kier molecular flexibility index (Phi) is 16.6. The van der Waals surface area contributed by atoms with Crippen LogP contribution in [0.25, 0.3) is 0 Å². The van der Waals surface area contributed by atoms with Gasteiger partial charge in [-0.05, 0) is 66.5 Å². The quantitative estimate of drug-likeness (QED) is 0.209. The molecule has 0 radical (unpaired) electrons. The van der Waals surface area contributed by atoms with Crippen molar-refractivity contribution in [2.45, 2.75) is 112 Å². The third kappa shape index (κ3) is 13.3. The molecule has 0 aromatic heterocycles. The third-order valence-electron chi connectivity index (χ3n) is 4.88. The van der Waals surface area contributed by atoms with Crippen LogP contribution in [0.2, 0.25) is 0 Å². The summed E-state index contributed by atoms with van der Waals surface area (Å²) >= 11 is 0. The monoisotopic (exact) mass is 398 g/mol. The maximum Gasteiger partial charge on any atom is -0.0132 e. The first-order chi connectivity index (χ1) is 13.6. The van der Waals surface area contributed by atoms with E-state index in [1.807, 2.05) is 33.8 Å². The van der Waals surface area contributed by atoms with Crippen LogP contribution < -0.4 is 0 Å². The summed E-state index contributed by atoms with van der Waals surface area (Å²) in [7, 11) is 0. The summed E-state index contributed by atoms with van der Waals surface area (Å²) in [6, 6.07) is 7.17. The average molecular weight is 399 g/mol. The zero-order valence-electron chi connectivity index (χ0n) is 21.3. The number of hydrogen-bond acceptors (Lipinski definition) is 0. The van der Waals surface area contributed by atoms with Gasteiger partial charge in [-0.3, -0.25) is 0 Å². The zero-order valence-corrected chi connectivity index (χ0v) is 21.3. The Morgan fingerprint density at radius 3 is 1.93 bits per heavy atom. The van der Waals surface area contributed by atoms with Gasteiger partial charge in [0.1, 0.15) is 0 Å². The SMILES string of the molecule is C=CC(=C)CCCCC(=C)CCc1cc(C(C)C)cc(C(C)(C)C)c1.CC.CC. The zero-order chi connectivity index (χ0) is 23.0. The summed E-state index contributed by atoms with van der Waals surface area (Å²) in [5.41, 5.74) is 7.07. The lowest BCUT2D eigenvalue weighted by Gasteiger charge is -2.22. The summed E-state index contributed by atoms with van der Waals surface area (Å²) in [4.78, 5) is 0. The standard InChI is InChI=1S/C25H38.2C2H6/c1-9-20(4)12-10-11-13-21(5)14-15-22-16-23(19(2)3)18-24(17-22)25(6,7)8;2*1-2/h9,16-19H,1,4-5,10-15H2,2-3,6-8H3;2*1-2H3. The van der Waals surface area contributed by atoms with Gasteiger partial charge in [0, 0.05) is 0 Å². The molecule has 0 heterocycles. The summed E-state index contributed by atoms with van der Waals surface area (Å²) in [6.07, 6.45) is 8.62. The Morgan fingerprint density at radius 1 is 0.897 bits per heavy atom. The molecule has 0 aliphatic carbocycles. The van der Waals surface area contributed by atoms with Crippen molar-refractivity contribution in [2.24, 2.45) is 0 Å². The van der Waals surface area contributed by atoms with Crippen molar-refractivity contribution in [3.05, 3.63) is 71.8 Å². The van der Waals surface area contributed by atoms with Crippen LogP contribution in [0.3, 0.4) is 0 Å². The van der Waals surface area contributed by atoms with Crippen LogP contribution in [0.5, 0.6) is 0 Å². The molecule has 29 heavy (non-hydrogen) atoms. The predicted molar refractivity (Wildman–Crippen MR) is 137 cm³/mol. The highest BCUT2D eigenvalue weighted by atomic mass is 14.2. The minimum absolute atomic E-state index is 0.199. The molecule has 0 unspecified atom stereocenters. The molecule has 0 heteroatoms. The van der Waals surface area contributed by atoms with Crippen LogP contribution in [0.4, 0.5) is 0 Å². The predicted octanol–water partition coefficient (Wildman–Crippen LogP) is 9.95. The molecule has 1 aromatic carbocycles. The first-order valence-electron chi connectivity index (χ1n) is 11.7. The number of allylic oxidation sites excluding steroid dienone is 3. The molecule has 0 aliphatic rings. The van der Waals surface area contributed by atoms with E-state index in [9.17, 15) is 0 Å². The molecule has 0 saturated heterocycles. The normalized spacial score (nSPS) is 10.4. The molecule has 0 spiro atoms. The first kappa shape index (κ1) is 29.6. The van der Waals surface area contributed by atoms with Crippen LogP contribution in [0.15, 0.2) is 55.2 Å². The van der Waals surface area contributed by atoms with E-state index >= 15 is 0 Å². The Hall–Kier alpha value is -1.56. The Morgan fingerprint density at radius 2 is 1.45 bits per heavy atom. The van der Waals surface area contributed by atoms with Crippen LogP contribution >= 0.6 is 0 Å². The average Bonchev–Trinajstić information content (AvgIpc) is 2.71. The van der Waals surface area contributed by atoms with Crippen molar-refractivity contribution in [2.75, 3.05) is 0 Å². The van der Waals surface area contributed by atoms with Gasteiger partial charge < -0.3 is 0 Å². The fraction of sp³-hybridized carbons (Fsp3) is 0.586. The van der Waals surface area contributed by atoms with Crippen LogP contribution in [0.1, 0.15) is 117 Å². The van der Waals surface area contributed by atoms with Crippen LogP contribution in [-0.2, 0) is 11.8 Å². The fourth-order valence-electron chi connectivity index (χ4n) is 2.90. The van der Waals surface area contributed by atoms with Gasteiger partial charge in [0.2, 0.25) is 0 Å². The number of benzene rings is 1. The number of rotatable bonds is 10. The summed E-state index contributed by atoms with van der Waals surface area (Å²) in [5, 5.41) is 0. The maximum atomic E-state index is 4.29. The van der Waals surface area contributed by atoms with Crippen molar-refractivity contribution in [3.63, 3.8) is 0 Å². The summed E-state index contributed by atoms with van der Waals surface area (Å²) in [6.45, 7) is 31.5. The second kappa shape index (κ2) is 16.3. The van der Waals surface area contributed by atoms with E-state index in [1.54, 1.807) is 0 Å². The first-order valence-corrected chi connectivity index (χ1v) is 11.7. The Bertz CT molecular complexity index is 593. The molecule has 1 aromatic rings. The maximum absolute atomic E-state index is 4.29. The van der Waals surface area contributed by atoms with E-state index in [2.05, 4.69) is 72.6 Å². The molecule has 0 N–H and O–H groups in total. The fourth-order valence-corrected chi connectivity index (χ4v) is 2.90. The molecule has 166 valence electrons. The van der Waals surface area contributed by atoms with Gasteiger partial charge in [0.25, 0.3) is 0 Å². The molecule has 0 atom stereocenters. The van der Waals surface area contributed by atoms with Gasteiger partial charge in [-0.1, -0.05) is 117 Å². The smallest absolute Gasteiger partial charge is 0.0132 e. The Balaban J connectivity index is 0. The number of aryl methyl sites for hydroxylation is 1. The van der Waals surface area contributed by atoms with Gasteiger partial charge in [0.15, 0.2) is 0 Å². The molecule has 0 nitrogen and oxygen atoms in total. The van der Waals surface area contributed by atoms with E-state index in [0.717, 1.165) is 31.3 Å². The van der Waals surface area contributed by atoms with Crippen LogP contribution in [0, 0.1) is 0 Å². The minimum Gasteiger partial charge on any atom is -0.0999 e.